The first-order chi connectivity index (χ1) is 12.4. The third kappa shape index (κ3) is 3.20. The number of rotatable bonds is 4. The number of H-pyrrole nitrogens is 1. The Morgan fingerprint density at radius 1 is 1.19 bits per heavy atom. The van der Waals surface area contributed by atoms with Gasteiger partial charge in [0.25, 0.3) is 5.91 Å². The molecule has 1 aromatic heterocycles. The summed E-state index contributed by atoms with van der Waals surface area (Å²) >= 11 is 0. The molecule has 1 aliphatic heterocycles. The minimum Gasteiger partial charge on any atom is -0.465 e. The lowest BCUT2D eigenvalue weighted by Crippen LogP contribution is -2.23. The summed E-state index contributed by atoms with van der Waals surface area (Å²) in [5, 5.41) is 2.80. The Kier molecular flexibility index (Phi) is 4.79. The molecule has 0 saturated carbocycles. The number of aryl methyl sites for hydroxylation is 1. The van der Waals surface area contributed by atoms with Crippen LogP contribution in [-0.4, -0.2) is 36.4 Å². The van der Waals surface area contributed by atoms with Crippen molar-refractivity contribution >= 4 is 29.2 Å². The zero-order chi connectivity index (χ0) is 18.8. The summed E-state index contributed by atoms with van der Waals surface area (Å²) < 4.78 is 4.76. The Bertz CT molecular complexity index is 868. The van der Waals surface area contributed by atoms with Crippen LogP contribution in [0.5, 0.6) is 0 Å². The number of esters is 1. The van der Waals surface area contributed by atoms with E-state index in [-0.39, 0.29) is 11.8 Å². The number of carbonyl (C=O) groups is 3. The summed E-state index contributed by atoms with van der Waals surface area (Å²) in [6.07, 6.45) is 1.44. The first kappa shape index (κ1) is 17.7. The summed E-state index contributed by atoms with van der Waals surface area (Å²) in [5.41, 5.74) is 3.26. The molecule has 1 aliphatic rings. The third-order valence-corrected chi connectivity index (χ3v) is 4.56. The van der Waals surface area contributed by atoms with E-state index in [0.29, 0.717) is 34.6 Å². The Hall–Kier alpha value is -3.09. The van der Waals surface area contributed by atoms with Crippen molar-refractivity contribution in [3.05, 3.63) is 46.8 Å². The van der Waals surface area contributed by atoms with E-state index < -0.39 is 5.97 Å². The number of carbonyl (C=O) groups excluding carboxylic acids is 3. The Labute approximate surface area is 151 Å². The van der Waals surface area contributed by atoms with Gasteiger partial charge in [0.05, 0.1) is 12.7 Å². The fourth-order valence-corrected chi connectivity index (χ4v) is 3.22. The van der Waals surface area contributed by atoms with E-state index in [1.165, 1.54) is 7.11 Å². The molecule has 1 aromatic carbocycles. The summed E-state index contributed by atoms with van der Waals surface area (Å²) in [4.78, 5) is 40.9. The molecule has 0 aliphatic carbocycles. The molecule has 0 atom stereocenters. The number of hydrogen-bond acceptors (Lipinski definition) is 4. The molecular formula is C19H21N3O4. The van der Waals surface area contributed by atoms with Crippen molar-refractivity contribution in [2.75, 3.05) is 23.9 Å². The topological polar surface area (TPSA) is 91.5 Å². The second-order valence-electron chi connectivity index (χ2n) is 6.27. The van der Waals surface area contributed by atoms with Crippen LogP contribution >= 0.6 is 0 Å². The number of methoxy groups -OCH3 is 1. The molecule has 1 fully saturated rings. The number of anilines is 2. The van der Waals surface area contributed by atoms with Gasteiger partial charge < -0.3 is 19.9 Å². The van der Waals surface area contributed by atoms with Crippen LogP contribution in [0.2, 0.25) is 0 Å². The van der Waals surface area contributed by atoms with Crippen LogP contribution in [0.15, 0.2) is 24.3 Å². The SMILES string of the molecule is COC(=O)c1c(C)[nH]c(C(=O)Nc2ccc(N3CCCC3=O)cc2)c1C. The summed E-state index contributed by atoms with van der Waals surface area (Å²) in [6, 6.07) is 7.13. The summed E-state index contributed by atoms with van der Waals surface area (Å²) in [6.45, 7) is 4.15. The monoisotopic (exact) mass is 355 g/mol. The second kappa shape index (κ2) is 7.03. The van der Waals surface area contributed by atoms with Gasteiger partial charge in [-0.3, -0.25) is 9.59 Å². The van der Waals surface area contributed by atoms with Gasteiger partial charge in [-0.25, -0.2) is 4.79 Å². The number of benzene rings is 1. The van der Waals surface area contributed by atoms with Gasteiger partial charge in [-0.05, 0) is 50.1 Å². The van der Waals surface area contributed by atoms with Crippen LogP contribution in [-0.2, 0) is 9.53 Å². The van der Waals surface area contributed by atoms with Crippen molar-refractivity contribution in [2.24, 2.45) is 0 Å². The average molecular weight is 355 g/mol. The lowest BCUT2D eigenvalue weighted by molar-refractivity contribution is -0.117. The van der Waals surface area contributed by atoms with Gasteiger partial charge >= 0.3 is 5.97 Å². The van der Waals surface area contributed by atoms with Crippen LogP contribution in [0.4, 0.5) is 11.4 Å². The molecular weight excluding hydrogens is 334 g/mol. The molecule has 3 rings (SSSR count). The number of nitrogens with zero attached hydrogens (tertiary/aromatic N) is 1. The predicted molar refractivity (Wildman–Crippen MR) is 97.6 cm³/mol. The van der Waals surface area contributed by atoms with Crippen LogP contribution < -0.4 is 10.2 Å². The number of hydrogen-bond donors (Lipinski definition) is 2. The predicted octanol–water partition coefficient (Wildman–Crippen LogP) is 2.80. The Morgan fingerprint density at radius 2 is 1.88 bits per heavy atom. The minimum atomic E-state index is -0.477. The summed E-state index contributed by atoms with van der Waals surface area (Å²) in [5.74, 6) is -0.699. The van der Waals surface area contributed by atoms with Crippen molar-refractivity contribution in [3.63, 3.8) is 0 Å². The van der Waals surface area contributed by atoms with Crippen molar-refractivity contribution in [1.82, 2.24) is 4.98 Å². The zero-order valence-electron chi connectivity index (χ0n) is 15.0. The highest BCUT2D eigenvalue weighted by Gasteiger charge is 2.23. The van der Waals surface area contributed by atoms with E-state index in [2.05, 4.69) is 10.3 Å². The molecule has 1 saturated heterocycles. The molecule has 0 spiro atoms. The van der Waals surface area contributed by atoms with Crippen LogP contribution in [0.25, 0.3) is 0 Å². The fourth-order valence-electron chi connectivity index (χ4n) is 3.22. The molecule has 2 N–H and O–H groups in total. The van der Waals surface area contributed by atoms with E-state index >= 15 is 0 Å². The average Bonchev–Trinajstić information content (AvgIpc) is 3.18. The molecule has 2 aromatic rings. The number of ether oxygens (including phenoxy) is 1. The van der Waals surface area contributed by atoms with Crippen molar-refractivity contribution in [2.45, 2.75) is 26.7 Å². The summed E-state index contributed by atoms with van der Waals surface area (Å²) in [7, 11) is 1.31. The maximum absolute atomic E-state index is 12.5. The highest BCUT2D eigenvalue weighted by molar-refractivity contribution is 6.07. The quantitative estimate of drug-likeness (QED) is 0.825. The maximum atomic E-state index is 12.5. The highest BCUT2D eigenvalue weighted by atomic mass is 16.5. The normalized spacial score (nSPS) is 13.8. The van der Waals surface area contributed by atoms with Gasteiger partial charge in [-0.15, -0.1) is 0 Å². The van der Waals surface area contributed by atoms with Crippen LogP contribution in [0.1, 0.15) is 44.9 Å². The number of aromatic nitrogens is 1. The number of amides is 2. The van der Waals surface area contributed by atoms with Gasteiger partial charge in [0, 0.05) is 30.0 Å². The van der Waals surface area contributed by atoms with Gasteiger partial charge in [-0.1, -0.05) is 0 Å². The number of nitrogens with one attached hydrogen (secondary N) is 2. The second-order valence-corrected chi connectivity index (χ2v) is 6.27. The van der Waals surface area contributed by atoms with E-state index in [1.54, 1.807) is 30.9 Å². The molecule has 7 heteroatoms. The lowest BCUT2D eigenvalue weighted by Gasteiger charge is -2.16. The zero-order valence-corrected chi connectivity index (χ0v) is 15.0. The van der Waals surface area contributed by atoms with Gasteiger partial charge in [0.1, 0.15) is 5.69 Å². The molecule has 2 heterocycles. The fraction of sp³-hybridized carbons (Fsp3) is 0.316. The van der Waals surface area contributed by atoms with Gasteiger partial charge in [0.15, 0.2) is 0 Å². The lowest BCUT2D eigenvalue weighted by atomic mass is 10.1. The van der Waals surface area contributed by atoms with Crippen molar-refractivity contribution in [3.8, 4) is 0 Å². The van der Waals surface area contributed by atoms with Crippen molar-refractivity contribution < 1.29 is 19.1 Å². The van der Waals surface area contributed by atoms with Gasteiger partial charge in [0.2, 0.25) is 5.91 Å². The van der Waals surface area contributed by atoms with E-state index in [9.17, 15) is 14.4 Å². The molecule has 2 amide bonds. The standard InChI is InChI=1S/C19H21N3O4/c1-11-16(19(25)26-3)12(2)20-17(11)18(24)21-13-6-8-14(9-7-13)22-10-4-5-15(22)23/h6-9,20H,4-5,10H2,1-3H3,(H,21,24). The van der Waals surface area contributed by atoms with E-state index in [4.69, 9.17) is 4.74 Å². The third-order valence-electron chi connectivity index (χ3n) is 4.56. The van der Waals surface area contributed by atoms with Crippen LogP contribution in [0.3, 0.4) is 0 Å². The Balaban J connectivity index is 1.76. The molecule has 0 unspecified atom stereocenters. The first-order valence-electron chi connectivity index (χ1n) is 8.41. The molecule has 7 nitrogen and oxygen atoms in total. The highest BCUT2D eigenvalue weighted by Crippen LogP contribution is 2.24. The molecule has 26 heavy (non-hydrogen) atoms. The molecule has 0 bridgehead atoms. The minimum absolute atomic E-state index is 0.120. The first-order valence-corrected chi connectivity index (χ1v) is 8.41. The number of aromatic amines is 1. The van der Waals surface area contributed by atoms with Gasteiger partial charge in [-0.2, -0.15) is 0 Å². The molecule has 136 valence electrons. The van der Waals surface area contributed by atoms with Crippen molar-refractivity contribution in [1.29, 1.82) is 0 Å². The smallest absolute Gasteiger partial charge is 0.339 e. The largest absolute Gasteiger partial charge is 0.465 e. The molecule has 0 radical (unpaired) electrons. The van der Waals surface area contributed by atoms with Crippen LogP contribution in [0, 0.1) is 13.8 Å². The van der Waals surface area contributed by atoms with E-state index in [1.807, 2.05) is 12.1 Å². The Morgan fingerprint density at radius 3 is 2.46 bits per heavy atom. The maximum Gasteiger partial charge on any atom is 0.339 e. The van der Waals surface area contributed by atoms with E-state index in [0.717, 1.165) is 18.7 Å².